The number of aromatic nitrogens is 1. The second-order valence-electron chi connectivity index (χ2n) is 12.4. The van der Waals surface area contributed by atoms with Crippen LogP contribution in [0.4, 0.5) is 0 Å². The average molecular weight is 678 g/mol. The molecule has 0 spiro atoms. The lowest BCUT2D eigenvalue weighted by atomic mass is 9.85. The molecule has 2 fully saturated rings. The minimum Gasteiger partial charge on any atom is -0.488 e. The number of halogens is 1. The lowest BCUT2D eigenvalue weighted by Gasteiger charge is -2.42. The van der Waals surface area contributed by atoms with E-state index < -0.39 is 0 Å². The van der Waals surface area contributed by atoms with Crippen LogP contribution in [0.25, 0.3) is 0 Å². The van der Waals surface area contributed by atoms with E-state index in [-0.39, 0.29) is 35.8 Å². The van der Waals surface area contributed by atoms with Crippen molar-refractivity contribution in [3.63, 3.8) is 0 Å². The zero-order valence-electron chi connectivity index (χ0n) is 25.0. The number of amides is 3. The van der Waals surface area contributed by atoms with Crippen LogP contribution in [0.3, 0.4) is 0 Å². The zero-order chi connectivity index (χ0) is 30.4. The molecule has 0 bridgehead atoms. The van der Waals surface area contributed by atoms with Crippen LogP contribution in [0.2, 0.25) is 0 Å². The first-order valence-electron chi connectivity index (χ1n) is 15.7. The van der Waals surface area contributed by atoms with E-state index in [0.717, 1.165) is 76.0 Å². The van der Waals surface area contributed by atoms with Crippen LogP contribution in [0.1, 0.15) is 86.3 Å². The molecule has 44 heavy (non-hydrogen) atoms. The summed E-state index contributed by atoms with van der Waals surface area (Å²) in [5.41, 5.74) is 3.89. The number of hydrogen-bond acceptors (Lipinski definition) is 6. The van der Waals surface area contributed by atoms with E-state index in [1.807, 2.05) is 58.0 Å². The summed E-state index contributed by atoms with van der Waals surface area (Å²) in [4.78, 5) is 51.5. The fourth-order valence-corrected chi connectivity index (χ4v) is 8.69. The third-order valence-corrected chi connectivity index (χ3v) is 11.3. The van der Waals surface area contributed by atoms with Crippen molar-refractivity contribution in [2.75, 3.05) is 26.2 Å². The maximum absolute atomic E-state index is 14.2. The molecule has 3 amide bonds. The van der Waals surface area contributed by atoms with Crippen LogP contribution in [0, 0.1) is 12.8 Å². The Morgan fingerprint density at radius 2 is 1.89 bits per heavy atom. The summed E-state index contributed by atoms with van der Waals surface area (Å²) in [6, 6.07) is 11.5. The first-order valence-corrected chi connectivity index (χ1v) is 17.4. The van der Waals surface area contributed by atoms with Gasteiger partial charge < -0.3 is 19.4 Å². The van der Waals surface area contributed by atoms with Gasteiger partial charge in [0.25, 0.3) is 11.8 Å². The highest BCUT2D eigenvalue weighted by Crippen LogP contribution is 2.43. The number of benzene rings is 2. The van der Waals surface area contributed by atoms with E-state index in [1.165, 1.54) is 17.8 Å². The summed E-state index contributed by atoms with van der Waals surface area (Å²) in [7, 11) is 0. The molecule has 1 aromatic heterocycles. The van der Waals surface area contributed by atoms with Crippen molar-refractivity contribution in [3.8, 4) is 5.75 Å². The lowest BCUT2D eigenvalue weighted by molar-refractivity contribution is -0.140. The Hall–Kier alpha value is -3.24. The minimum atomic E-state index is -0.321. The Morgan fingerprint density at radius 1 is 1.07 bits per heavy atom. The third-order valence-electron chi connectivity index (χ3n) is 9.66. The van der Waals surface area contributed by atoms with E-state index in [9.17, 15) is 14.4 Å². The number of carbonyl (C=O) groups is 3. The zero-order valence-corrected chi connectivity index (χ0v) is 27.4. The molecular formula is C34H37BrN4O4S. The number of carbonyl (C=O) groups excluding carboxylic acids is 3. The number of ether oxygens (including phenoxy) is 1. The summed E-state index contributed by atoms with van der Waals surface area (Å²) in [6.45, 7) is 4.58. The van der Waals surface area contributed by atoms with E-state index in [4.69, 9.17) is 4.74 Å². The highest BCUT2D eigenvalue weighted by molar-refractivity contribution is 9.10. The molecule has 3 aliphatic heterocycles. The van der Waals surface area contributed by atoms with Gasteiger partial charge in [0.15, 0.2) is 0 Å². The normalized spacial score (nSPS) is 21.9. The standard InChI is InChI=1S/C34H37BrN4O4S/c1-21-36-17-30(44-21)34(42)37-15-13-24(19-37)43-29-12-11-27(35)26-14-16-39(32(40)22-7-3-2-4-8-22)28(31(26)29)20-38-18-23-9-5-6-10-25(23)33(38)41/h5-6,9-12,17,22,24,28H,2-4,7-8,13-16,18-20H2,1H3/t24-,28+/m0/s1. The molecule has 4 aliphatic rings. The van der Waals surface area contributed by atoms with Gasteiger partial charge in [-0.2, -0.15) is 0 Å². The van der Waals surface area contributed by atoms with Crippen LogP contribution in [0.5, 0.6) is 5.75 Å². The largest absolute Gasteiger partial charge is 0.488 e. The highest BCUT2D eigenvalue weighted by atomic mass is 79.9. The number of likely N-dealkylation sites (tertiary alicyclic amines) is 1. The fraction of sp³-hybridized carbons (Fsp3) is 0.471. The van der Waals surface area contributed by atoms with Crippen LogP contribution in [-0.4, -0.2) is 69.7 Å². The Morgan fingerprint density at radius 3 is 2.66 bits per heavy atom. The number of thiazole rings is 1. The molecular weight excluding hydrogens is 640 g/mol. The summed E-state index contributed by atoms with van der Waals surface area (Å²) < 4.78 is 7.73. The quantitative estimate of drug-likeness (QED) is 0.312. The number of nitrogens with zero attached hydrogens (tertiary/aromatic N) is 4. The predicted octanol–water partition coefficient (Wildman–Crippen LogP) is 6.17. The van der Waals surface area contributed by atoms with Crippen molar-refractivity contribution in [2.45, 2.75) is 70.6 Å². The first kappa shape index (κ1) is 29.5. The van der Waals surface area contributed by atoms with Crippen LogP contribution in [0.15, 0.2) is 47.1 Å². The van der Waals surface area contributed by atoms with Gasteiger partial charge in [-0.15, -0.1) is 11.3 Å². The van der Waals surface area contributed by atoms with Crippen LogP contribution < -0.4 is 4.74 Å². The number of hydrogen-bond donors (Lipinski definition) is 0. The molecule has 1 saturated carbocycles. The molecule has 8 nitrogen and oxygen atoms in total. The Labute approximate surface area is 270 Å². The summed E-state index contributed by atoms with van der Waals surface area (Å²) in [5, 5.41) is 0.875. The van der Waals surface area contributed by atoms with Gasteiger partial charge in [-0.05, 0) is 55.5 Å². The lowest BCUT2D eigenvalue weighted by Crippen LogP contribution is -2.48. The molecule has 1 saturated heterocycles. The summed E-state index contributed by atoms with van der Waals surface area (Å²) in [6.07, 6.45) is 8.15. The first-order chi connectivity index (χ1) is 21.4. The number of aryl methyl sites for hydroxylation is 1. The minimum absolute atomic E-state index is 0.00576. The Bertz CT molecular complexity index is 1600. The summed E-state index contributed by atoms with van der Waals surface area (Å²) in [5.74, 6) is 0.979. The van der Waals surface area contributed by atoms with Gasteiger partial charge in [-0.25, -0.2) is 4.98 Å². The van der Waals surface area contributed by atoms with Gasteiger partial charge in [-0.1, -0.05) is 53.4 Å². The molecule has 2 aromatic carbocycles. The highest BCUT2D eigenvalue weighted by Gasteiger charge is 2.41. The van der Waals surface area contributed by atoms with Crippen molar-refractivity contribution in [1.29, 1.82) is 0 Å². The topological polar surface area (TPSA) is 83.1 Å². The molecule has 0 radical (unpaired) electrons. The number of fused-ring (bicyclic) bond motifs is 2. The molecule has 0 N–H and O–H groups in total. The van der Waals surface area contributed by atoms with Crippen molar-refractivity contribution in [2.24, 2.45) is 5.92 Å². The smallest absolute Gasteiger partial charge is 0.265 e. The van der Waals surface area contributed by atoms with Crippen LogP contribution >= 0.6 is 27.3 Å². The second kappa shape index (κ2) is 12.3. The van der Waals surface area contributed by atoms with Crippen molar-refractivity contribution >= 4 is 45.0 Å². The molecule has 2 atom stereocenters. The molecule has 230 valence electrons. The molecule has 3 aromatic rings. The van der Waals surface area contributed by atoms with Gasteiger partial charge >= 0.3 is 0 Å². The maximum Gasteiger partial charge on any atom is 0.265 e. The third kappa shape index (κ3) is 5.55. The van der Waals surface area contributed by atoms with E-state index >= 15 is 0 Å². The fourth-order valence-electron chi connectivity index (χ4n) is 7.40. The van der Waals surface area contributed by atoms with Gasteiger partial charge in [0, 0.05) is 54.1 Å². The van der Waals surface area contributed by atoms with Gasteiger partial charge in [0.05, 0.1) is 23.8 Å². The summed E-state index contributed by atoms with van der Waals surface area (Å²) >= 11 is 5.21. The molecule has 0 unspecified atom stereocenters. The van der Waals surface area contributed by atoms with Crippen molar-refractivity contribution < 1.29 is 19.1 Å². The van der Waals surface area contributed by atoms with Crippen molar-refractivity contribution in [3.05, 3.63) is 79.2 Å². The molecule has 4 heterocycles. The number of rotatable bonds is 6. The maximum atomic E-state index is 14.2. The Balaban J connectivity index is 1.19. The van der Waals surface area contributed by atoms with E-state index in [0.29, 0.717) is 37.6 Å². The molecule has 10 heteroatoms. The van der Waals surface area contributed by atoms with E-state index in [1.54, 1.807) is 6.20 Å². The molecule has 7 rings (SSSR count). The average Bonchev–Trinajstić information content (AvgIpc) is 3.78. The van der Waals surface area contributed by atoms with Gasteiger partial charge in [0.2, 0.25) is 5.91 Å². The van der Waals surface area contributed by atoms with Crippen LogP contribution in [-0.2, 0) is 17.8 Å². The van der Waals surface area contributed by atoms with Gasteiger partial charge in [-0.3, -0.25) is 14.4 Å². The molecule has 1 aliphatic carbocycles. The van der Waals surface area contributed by atoms with Gasteiger partial charge in [0.1, 0.15) is 16.7 Å². The second-order valence-corrected chi connectivity index (χ2v) is 14.5. The van der Waals surface area contributed by atoms with Crippen molar-refractivity contribution in [1.82, 2.24) is 19.7 Å². The monoisotopic (exact) mass is 676 g/mol. The predicted molar refractivity (Wildman–Crippen MR) is 172 cm³/mol. The Kier molecular flexibility index (Phi) is 8.22. The SMILES string of the molecule is Cc1ncc(C(=O)N2CC[C@H](Oc3ccc(Br)c4c3[C@@H](CN3Cc5ccccc5C3=O)N(C(=O)C3CCCCC3)CC4)C2)s1. The van der Waals surface area contributed by atoms with E-state index in [2.05, 4.69) is 20.9 Å².